The lowest BCUT2D eigenvalue weighted by Crippen LogP contribution is -2.39. The highest BCUT2D eigenvalue weighted by Crippen LogP contribution is 2.39. The van der Waals surface area contributed by atoms with E-state index in [2.05, 4.69) is 0 Å². The Morgan fingerprint density at radius 1 is 1.27 bits per heavy atom. The van der Waals surface area contributed by atoms with E-state index in [9.17, 15) is 18.3 Å². The third-order valence-corrected chi connectivity index (χ3v) is 2.18. The number of benzene rings is 1. The maximum atomic E-state index is 12.5. The van der Waals surface area contributed by atoms with Crippen molar-refractivity contribution in [2.45, 2.75) is 18.7 Å². The van der Waals surface area contributed by atoms with Crippen molar-refractivity contribution in [1.29, 1.82) is 0 Å². The van der Waals surface area contributed by atoms with Crippen LogP contribution in [0.5, 0.6) is 5.75 Å². The third kappa shape index (κ3) is 2.23. The van der Waals surface area contributed by atoms with Gasteiger partial charge in [0, 0.05) is 0 Å². The molecule has 1 N–H and O–H groups in total. The van der Waals surface area contributed by atoms with Crippen molar-refractivity contribution in [2.75, 3.05) is 7.11 Å². The lowest BCUT2D eigenvalue weighted by atomic mass is 9.95. The van der Waals surface area contributed by atoms with E-state index in [1.54, 1.807) is 0 Å². The molecule has 0 aliphatic carbocycles. The van der Waals surface area contributed by atoms with E-state index in [1.807, 2.05) is 0 Å². The maximum absolute atomic E-state index is 12.5. The molecule has 2 nitrogen and oxygen atoms in total. The van der Waals surface area contributed by atoms with Gasteiger partial charge in [-0.1, -0.05) is 12.1 Å². The van der Waals surface area contributed by atoms with Crippen molar-refractivity contribution in [3.8, 4) is 5.75 Å². The molecular weight excluding hydrogens is 209 g/mol. The van der Waals surface area contributed by atoms with Crippen LogP contribution in [0, 0.1) is 0 Å². The summed E-state index contributed by atoms with van der Waals surface area (Å²) >= 11 is 0. The van der Waals surface area contributed by atoms with Gasteiger partial charge < -0.3 is 9.84 Å². The Hall–Kier alpha value is -1.23. The first kappa shape index (κ1) is 11.8. The van der Waals surface area contributed by atoms with Crippen LogP contribution in [0.2, 0.25) is 0 Å². The van der Waals surface area contributed by atoms with E-state index in [4.69, 9.17) is 4.74 Å². The summed E-state index contributed by atoms with van der Waals surface area (Å²) in [6.45, 7) is 0.710. The van der Waals surface area contributed by atoms with Crippen molar-refractivity contribution in [1.82, 2.24) is 0 Å². The van der Waals surface area contributed by atoms with Crippen molar-refractivity contribution < 1.29 is 23.0 Å². The molecule has 0 saturated carbocycles. The number of ether oxygens (including phenoxy) is 1. The van der Waals surface area contributed by atoms with Gasteiger partial charge in [-0.3, -0.25) is 0 Å². The van der Waals surface area contributed by atoms with Crippen LogP contribution in [0.15, 0.2) is 24.3 Å². The zero-order valence-electron chi connectivity index (χ0n) is 8.30. The Labute approximate surface area is 85.3 Å². The monoisotopic (exact) mass is 220 g/mol. The Bertz CT molecular complexity index is 345. The normalized spacial score (nSPS) is 15.9. The molecule has 1 aromatic rings. The van der Waals surface area contributed by atoms with Gasteiger partial charge in [0.05, 0.1) is 7.11 Å². The smallest absolute Gasteiger partial charge is 0.421 e. The van der Waals surface area contributed by atoms with Crippen LogP contribution in [0.25, 0.3) is 0 Å². The fourth-order valence-corrected chi connectivity index (χ4v) is 1.09. The van der Waals surface area contributed by atoms with E-state index in [1.165, 1.54) is 25.3 Å². The maximum Gasteiger partial charge on any atom is 0.421 e. The van der Waals surface area contributed by atoms with E-state index in [0.717, 1.165) is 6.07 Å². The van der Waals surface area contributed by atoms with E-state index >= 15 is 0 Å². The molecule has 0 spiro atoms. The number of aliphatic hydroxyl groups is 1. The van der Waals surface area contributed by atoms with Gasteiger partial charge >= 0.3 is 6.18 Å². The van der Waals surface area contributed by atoms with Crippen molar-refractivity contribution in [3.63, 3.8) is 0 Å². The molecule has 0 heterocycles. The molecule has 5 heteroatoms. The Morgan fingerprint density at radius 3 is 2.33 bits per heavy atom. The SMILES string of the molecule is COc1cccc([C@](C)(O)C(F)(F)F)c1. The number of hydrogen-bond acceptors (Lipinski definition) is 2. The van der Waals surface area contributed by atoms with Crippen LogP contribution in [-0.4, -0.2) is 18.4 Å². The molecule has 15 heavy (non-hydrogen) atoms. The molecule has 0 aromatic heterocycles. The summed E-state index contributed by atoms with van der Waals surface area (Å²) in [5.41, 5.74) is -3.10. The van der Waals surface area contributed by atoms with Gasteiger partial charge in [0.1, 0.15) is 5.75 Å². The summed E-state index contributed by atoms with van der Waals surface area (Å²) in [6.07, 6.45) is -4.71. The number of hydrogen-bond donors (Lipinski definition) is 1. The summed E-state index contributed by atoms with van der Waals surface area (Å²) in [4.78, 5) is 0. The first-order valence-electron chi connectivity index (χ1n) is 4.22. The average molecular weight is 220 g/mol. The van der Waals surface area contributed by atoms with Gasteiger partial charge in [-0.05, 0) is 24.6 Å². The minimum absolute atomic E-state index is 0.241. The van der Waals surface area contributed by atoms with Crippen molar-refractivity contribution in [2.24, 2.45) is 0 Å². The van der Waals surface area contributed by atoms with Crippen LogP contribution >= 0.6 is 0 Å². The summed E-state index contributed by atoms with van der Waals surface area (Å²) in [7, 11) is 1.35. The summed E-state index contributed by atoms with van der Waals surface area (Å²) in [5, 5.41) is 9.36. The third-order valence-electron chi connectivity index (χ3n) is 2.18. The highest BCUT2D eigenvalue weighted by molar-refractivity contribution is 5.32. The van der Waals surface area contributed by atoms with E-state index in [-0.39, 0.29) is 11.3 Å². The molecular formula is C10H11F3O2. The van der Waals surface area contributed by atoms with Gasteiger partial charge in [-0.25, -0.2) is 0 Å². The number of halogens is 3. The van der Waals surface area contributed by atoms with Crippen LogP contribution in [0.4, 0.5) is 13.2 Å². The largest absolute Gasteiger partial charge is 0.497 e. The van der Waals surface area contributed by atoms with Gasteiger partial charge in [-0.2, -0.15) is 13.2 Å². The molecule has 0 unspecified atom stereocenters. The van der Waals surface area contributed by atoms with Gasteiger partial charge in [-0.15, -0.1) is 0 Å². The average Bonchev–Trinajstić information content (AvgIpc) is 2.16. The molecule has 1 aromatic carbocycles. The van der Waals surface area contributed by atoms with Gasteiger partial charge in [0.25, 0.3) is 0 Å². The van der Waals surface area contributed by atoms with Gasteiger partial charge in [0.2, 0.25) is 0 Å². The quantitative estimate of drug-likeness (QED) is 0.829. The summed E-state index contributed by atoms with van der Waals surface area (Å²) < 4.78 is 42.2. The highest BCUT2D eigenvalue weighted by atomic mass is 19.4. The molecule has 1 rings (SSSR count). The first-order chi connectivity index (χ1) is 6.79. The Balaban J connectivity index is 3.15. The summed E-state index contributed by atoms with van der Waals surface area (Å²) in [6, 6.07) is 5.27. The Morgan fingerprint density at radius 2 is 1.87 bits per heavy atom. The lowest BCUT2D eigenvalue weighted by molar-refractivity contribution is -0.258. The zero-order valence-corrected chi connectivity index (χ0v) is 8.30. The minimum Gasteiger partial charge on any atom is -0.497 e. The molecule has 0 aliphatic heterocycles. The van der Waals surface area contributed by atoms with Crippen molar-refractivity contribution in [3.05, 3.63) is 29.8 Å². The van der Waals surface area contributed by atoms with Crippen LogP contribution in [-0.2, 0) is 5.60 Å². The van der Waals surface area contributed by atoms with Crippen molar-refractivity contribution >= 4 is 0 Å². The molecule has 0 radical (unpaired) electrons. The molecule has 0 bridgehead atoms. The Kier molecular flexibility index (Phi) is 2.95. The van der Waals surface area contributed by atoms with Crippen LogP contribution in [0.3, 0.4) is 0 Å². The molecule has 0 aliphatic rings. The number of rotatable bonds is 2. The minimum atomic E-state index is -4.71. The molecule has 0 fully saturated rings. The second-order valence-corrected chi connectivity index (χ2v) is 3.30. The zero-order chi connectivity index (χ0) is 11.7. The number of alkyl halides is 3. The summed E-state index contributed by atoms with van der Waals surface area (Å²) in [5.74, 6) is 0.275. The second-order valence-electron chi connectivity index (χ2n) is 3.30. The van der Waals surface area contributed by atoms with Gasteiger partial charge in [0.15, 0.2) is 5.60 Å². The molecule has 0 saturated heterocycles. The topological polar surface area (TPSA) is 29.5 Å². The lowest BCUT2D eigenvalue weighted by Gasteiger charge is -2.26. The fourth-order valence-electron chi connectivity index (χ4n) is 1.09. The standard InChI is InChI=1S/C10H11F3O2/c1-9(14,10(11,12)13)7-4-3-5-8(6-7)15-2/h3-6,14H,1-2H3/t9-/m0/s1. The second kappa shape index (κ2) is 3.73. The number of methoxy groups -OCH3 is 1. The van der Waals surface area contributed by atoms with E-state index in [0.29, 0.717) is 6.92 Å². The van der Waals surface area contributed by atoms with E-state index < -0.39 is 11.8 Å². The predicted octanol–water partition coefficient (Wildman–Crippen LogP) is 2.47. The first-order valence-corrected chi connectivity index (χ1v) is 4.22. The molecule has 1 atom stereocenters. The van der Waals surface area contributed by atoms with Crippen LogP contribution in [0.1, 0.15) is 12.5 Å². The molecule has 84 valence electrons. The molecule has 0 amide bonds. The fraction of sp³-hybridized carbons (Fsp3) is 0.400. The van der Waals surface area contributed by atoms with Crippen LogP contribution < -0.4 is 4.74 Å². The predicted molar refractivity (Wildman–Crippen MR) is 48.6 cm³/mol. The highest BCUT2D eigenvalue weighted by Gasteiger charge is 2.51.